The first-order valence-electron chi connectivity index (χ1n) is 13.0. The second kappa shape index (κ2) is 10.8. The maximum atomic E-state index is 13.7. The van der Waals surface area contributed by atoms with Crippen molar-refractivity contribution in [3.05, 3.63) is 93.9 Å². The van der Waals surface area contributed by atoms with E-state index in [-0.39, 0.29) is 28.2 Å². The van der Waals surface area contributed by atoms with Crippen LogP contribution in [0.3, 0.4) is 0 Å². The molecule has 4 aromatic heterocycles. The van der Waals surface area contributed by atoms with Crippen molar-refractivity contribution in [2.45, 2.75) is 44.7 Å². The third kappa shape index (κ3) is 4.95. The zero-order valence-corrected chi connectivity index (χ0v) is 22.1. The number of aromatic nitrogens is 5. The lowest BCUT2D eigenvalue weighted by atomic mass is 9.85. The fourth-order valence-corrected chi connectivity index (χ4v) is 5.68. The van der Waals surface area contributed by atoms with Crippen molar-refractivity contribution >= 4 is 39.6 Å². The Bertz CT molecular complexity index is 1780. The van der Waals surface area contributed by atoms with Gasteiger partial charge in [-0.25, -0.2) is 23.5 Å². The van der Waals surface area contributed by atoms with Crippen molar-refractivity contribution in [2.24, 2.45) is 5.92 Å². The predicted molar refractivity (Wildman–Crippen MR) is 148 cm³/mol. The van der Waals surface area contributed by atoms with Crippen LogP contribution in [0.2, 0.25) is 5.02 Å². The number of nitrogens with one attached hydrogen (secondary N) is 1. The third-order valence-electron chi connectivity index (χ3n) is 7.49. The molecule has 0 radical (unpaired) electrons. The first-order chi connectivity index (χ1) is 19.4. The van der Waals surface area contributed by atoms with Crippen LogP contribution >= 0.6 is 11.6 Å². The van der Waals surface area contributed by atoms with Crippen LogP contribution in [0.4, 0.5) is 8.78 Å². The third-order valence-corrected chi connectivity index (χ3v) is 7.70. The summed E-state index contributed by atoms with van der Waals surface area (Å²) in [5.41, 5.74) is 1.99. The van der Waals surface area contributed by atoms with Gasteiger partial charge < -0.3 is 5.32 Å². The van der Waals surface area contributed by atoms with E-state index in [9.17, 15) is 18.4 Å². The van der Waals surface area contributed by atoms with Crippen LogP contribution in [0.5, 0.6) is 0 Å². The second-order valence-corrected chi connectivity index (χ2v) is 10.5. The lowest BCUT2D eigenvalue weighted by molar-refractivity contribution is 0.0904. The molecule has 8 nitrogen and oxygen atoms in total. The fourth-order valence-electron chi connectivity index (χ4n) is 5.53. The number of para-hydroxylation sites is 2. The summed E-state index contributed by atoms with van der Waals surface area (Å²) in [5, 5.41) is 3.84. The van der Waals surface area contributed by atoms with Crippen LogP contribution in [0.1, 0.15) is 48.2 Å². The standard InChI is InChI=1S/C29H25ClF2N6O2/c30-19-13-22(25(26(31)32)34-14-19)28(39)36-20-9-7-17(8-10-20)16-37-23-5-1-2-6-24(23)38(29(37)40)21-12-18-4-3-11-33-27(18)35-15-21/h1-6,11-15,17,20,26H,7-10,16H2,(H,36,39)/t17-,20-. The first-order valence-corrected chi connectivity index (χ1v) is 13.4. The Kier molecular flexibility index (Phi) is 7.02. The molecule has 1 fully saturated rings. The molecule has 5 aromatic rings. The SMILES string of the molecule is O=C(N[C@H]1CC[C@H](Cn2c(=O)n(-c3cnc4ncccc4c3)c3ccccc32)CC1)c1cc(Cl)cnc1C(F)F. The lowest BCUT2D eigenvalue weighted by Crippen LogP contribution is -2.39. The number of pyridine rings is 3. The van der Waals surface area contributed by atoms with Crippen LogP contribution < -0.4 is 11.0 Å². The van der Waals surface area contributed by atoms with Crippen molar-refractivity contribution in [1.29, 1.82) is 0 Å². The Morgan fingerprint density at radius 1 is 1.00 bits per heavy atom. The predicted octanol–water partition coefficient (Wildman–Crippen LogP) is 5.71. The molecule has 1 aliphatic rings. The summed E-state index contributed by atoms with van der Waals surface area (Å²) >= 11 is 5.90. The minimum absolute atomic E-state index is 0.124. The highest BCUT2D eigenvalue weighted by atomic mass is 35.5. The molecule has 11 heteroatoms. The smallest absolute Gasteiger partial charge is 0.333 e. The molecule has 1 N–H and O–H groups in total. The summed E-state index contributed by atoms with van der Waals surface area (Å²) in [6.45, 7) is 0.531. The van der Waals surface area contributed by atoms with Crippen LogP contribution in [-0.4, -0.2) is 36.0 Å². The largest absolute Gasteiger partial charge is 0.349 e. The summed E-state index contributed by atoms with van der Waals surface area (Å²) in [7, 11) is 0. The molecule has 1 amide bonds. The van der Waals surface area contributed by atoms with E-state index in [0.29, 0.717) is 30.7 Å². The van der Waals surface area contributed by atoms with Gasteiger partial charge in [-0.2, -0.15) is 0 Å². The number of imidazole rings is 1. The molecule has 0 unspecified atom stereocenters. The highest BCUT2D eigenvalue weighted by molar-refractivity contribution is 6.30. The van der Waals surface area contributed by atoms with Gasteiger partial charge in [0, 0.05) is 30.4 Å². The summed E-state index contributed by atoms with van der Waals surface area (Å²) < 4.78 is 30.2. The summed E-state index contributed by atoms with van der Waals surface area (Å²) in [5.74, 6) is -0.388. The van der Waals surface area contributed by atoms with Crippen molar-refractivity contribution in [2.75, 3.05) is 0 Å². The average Bonchev–Trinajstić information content (AvgIpc) is 3.24. The Morgan fingerprint density at radius 3 is 2.55 bits per heavy atom. The van der Waals surface area contributed by atoms with Gasteiger partial charge in [-0.1, -0.05) is 23.7 Å². The minimum atomic E-state index is -2.88. The molecule has 0 spiro atoms. The normalized spacial score (nSPS) is 17.5. The zero-order valence-electron chi connectivity index (χ0n) is 21.3. The van der Waals surface area contributed by atoms with E-state index in [4.69, 9.17) is 11.6 Å². The molecule has 6 rings (SSSR count). The van der Waals surface area contributed by atoms with Crippen molar-refractivity contribution < 1.29 is 13.6 Å². The monoisotopic (exact) mass is 562 g/mol. The number of hydrogen-bond donors (Lipinski definition) is 1. The average molecular weight is 563 g/mol. The number of alkyl halides is 2. The molecule has 0 aliphatic heterocycles. The number of halogens is 3. The summed E-state index contributed by atoms with van der Waals surface area (Å²) in [6, 6.07) is 14.4. The zero-order chi connectivity index (χ0) is 27.8. The lowest BCUT2D eigenvalue weighted by Gasteiger charge is -2.29. The number of nitrogens with zero attached hydrogens (tertiary/aromatic N) is 5. The van der Waals surface area contributed by atoms with E-state index in [1.807, 2.05) is 42.5 Å². The molecule has 1 aromatic carbocycles. The van der Waals surface area contributed by atoms with E-state index in [1.165, 1.54) is 6.07 Å². The maximum absolute atomic E-state index is 13.7. The van der Waals surface area contributed by atoms with Crippen LogP contribution in [0.15, 0.2) is 71.9 Å². The number of fused-ring (bicyclic) bond motifs is 2. The van der Waals surface area contributed by atoms with Gasteiger partial charge in [-0.05, 0) is 68.0 Å². The van der Waals surface area contributed by atoms with Crippen molar-refractivity contribution in [1.82, 2.24) is 29.4 Å². The number of carbonyl (C=O) groups is 1. The molecule has 1 saturated carbocycles. The van der Waals surface area contributed by atoms with Gasteiger partial charge in [-0.3, -0.25) is 18.9 Å². The summed E-state index contributed by atoms with van der Waals surface area (Å²) in [4.78, 5) is 38.8. The number of rotatable bonds is 6. The highest BCUT2D eigenvalue weighted by Gasteiger charge is 2.27. The Morgan fingerprint density at radius 2 is 1.77 bits per heavy atom. The number of amides is 1. The van der Waals surface area contributed by atoms with Crippen LogP contribution in [-0.2, 0) is 6.54 Å². The van der Waals surface area contributed by atoms with E-state index in [2.05, 4.69) is 20.3 Å². The molecule has 204 valence electrons. The number of hydrogen-bond acceptors (Lipinski definition) is 5. The molecule has 0 saturated heterocycles. The van der Waals surface area contributed by atoms with Gasteiger partial charge in [0.2, 0.25) is 0 Å². The first kappa shape index (κ1) is 26.1. The maximum Gasteiger partial charge on any atom is 0.333 e. The number of benzene rings is 1. The van der Waals surface area contributed by atoms with Crippen LogP contribution in [0, 0.1) is 5.92 Å². The van der Waals surface area contributed by atoms with Gasteiger partial charge in [0.1, 0.15) is 5.69 Å². The van der Waals surface area contributed by atoms with Gasteiger partial charge in [0.15, 0.2) is 5.65 Å². The topological polar surface area (TPSA) is 94.7 Å². The highest BCUT2D eigenvalue weighted by Crippen LogP contribution is 2.29. The molecule has 4 heterocycles. The van der Waals surface area contributed by atoms with E-state index < -0.39 is 18.0 Å². The molecule has 0 atom stereocenters. The fraction of sp³-hybridized carbons (Fsp3) is 0.276. The number of carbonyl (C=O) groups excluding carboxylic acids is 1. The molecular formula is C29H25ClF2N6O2. The Labute approximate surface area is 232 Å². The van der Waals surface area contributed by atoms with Gasteiger partial charge in [-0.15, -0.1) is 0 Å². The van der Waals surface area contributed by atoms with Gasteiger partial charge >= 0.3 is 5.69 Å². The van der Waals surface area contributed by atoms with Gasteiger partial charge in [0.05, 0.1) is 33.5 Å². The second-order valence-electron chi connectivity index (χ2n) is 10.0. The summed E-state index contributed by atoms with van der Waals surface area (Å²) in [6.07, 6.45) is 4.46. The Hall–Kier alpha value is -4.18. The Balaban J connectivity index is 1.19. The van der Waals surface area contributed by atoms with E-state index >= 15 is 0 Å². The molecule has 0 bridgehead atoms. The van der Waals surface area contributed by atoms with Gasteiger partial charge in [0.25, 0.3) is 12.3 Å². The molecule has 1 aliphatic carbocycles. The van der Waals surface area contributed by atoms with Crippen LogP contribution in [0.25, 0.3) is 27.8 Å². The molecular weight excluding hydrogens is 538 g/mol. The van der Waals surface area contributed by atoms with E-state index in [0.717, 1.165) is 35.5 Å². The minimum Gasteiger partial charge on any atom is -0.349 e. The molecule has 40 heavy (non-hydrogen) atoms. The quantitative estimate of drug-likeness (QED) is 0.286. The van der Waals surface area contributed by atoms with E-state index in [1.54, 1.807) is 21.5 Å². The van der Waals surface area contributed by atoms with Crippen molar-refractivity contribution in [3.8, 4) is 5.69 Å². The van der Waals surface area contributed by atoms with Crippen molar-refractivity contribution in [3.63, 3.8) is 0 Å².